The van der Waals surface area contributed by atoms with Gasteiger partial charge in [-0.2, -0.15) is 0 Å². The number of allylic oxidation sites excluding steroid dienone is 4. The Labute approximate surface area is 358 Å². The van der Waals surface area contributed by atoms with Crippen LogP contribution < -0.4 is 0 Å². The zero-order valence-electron chi connectivity index (χ0n) is 37.1. The quantitative estimate of drug-likeness (QED) is 0.0148. The van der Waals surface area contributed by atoms with Crippen molar-refractivity contribution in [2.75, 3.05) is 19.8 Å². The fourth-order valence-electron chi connectivity index (χ4n) is 7.26. The Balaban J connectivity index is 2.38. The highest BCUT2D eigenvalue weighted by Crippen LogP contribution is 2.47. The number of ether oxygens (including phenoxy) is 2. The van der Waals surface area contributed by atoms with Gasteiger partial charge in [0.15, 0.2) is 0 Å². The van der Waals surface area contributed by atoms with Crippen molar-refractivity contribution in [1.82, 2.24) is 0 Å². The Morgan fingerprint density at radius 1 is 0.542 bits per heavy atom. The molecule has 1 aliphatic carbocycles. The summed E-state index contributed by atoms with van der Waals surface area (Å²) >= 11 is 0. The molecule has 0 saturated heterocycles. The summed E-state index contributed by atoms with van der Waals surface area (Å²) in [5.74, 6) is -0.478. The fourth-order valence-corrected chi connectivity index (χ4v) is 8.23. The zero-order chi connectivity index (χ0) is 43.4. The third-order valence-corrected chi connectivity index (χ3v) is 12.1. The second-order valence-corrected chi connectivity index (χ2v) is 18.0. The Morgan fingerprint density at radius 2 is 0.966 bits per heavy atom. The van der Waals surface area contributed by atoms with Crippen LogP contribution in [0.3, 0.4) is 0 Å². The van der Waals surface area contributed by atoms with Crippen LogP contribution in [0.2, 0.25) is 0 Å². The molecule has 59 heavy (non-hydrogen) atoms. The van der Waals surface area contributed by atoms with Gasteiger partial charge in [0.25, 0.3) is 0 Å². The van der Waals surface area contributed by atoms with E-state index in [1.54, 1.807) is 0 Å². The summed E-state index contributed by atoms with van der Waals surface area (Å²) in [5, 5.41) is 50.2. The fraction of sp³-hybridized carbons (Fsp3) is 0.891. The van der Waals surface area contributed by atoms with E-state index in [2.05, 4.69) is 38.2 Å². The molecule has 0 aliphatic heterocycles. The first-order valence-electron chi connectivity index (χ1n) is 23.7. The van der Waals surface area contributed by atoms with E-state index in [4.69, 9.17) is 18.5 Å². The lowest BCUT2D eigenvalue weighted by Crippen LogP contribution is -2.64. The summed E-state index contributed by atoms with van der Waals surface area (Å²) in [6, 6.07) is 0. The highest BCUT2D eigenvalue weighted by molar-refractivity contribution is 7.47. The van der Waals surface area contributed by atoms with E-state index >= 15 is 0 Å². The largest absolute Gasteiger partial charge is 0.472 e. The van der Waals surface area contributed by atoms with Gasteiger partial charge in [0.05, 0.1) is 13.2 Å². The normalized spacial score (nSPS) is 22.6. The summed E-state index contributed by atoms with van der Waals surface area (Å²) in [6.07, 6.45) is 29.6. The first-order valence-corrected chi connectivity index (χ1v) is 25.2. The Bertz CT molecular complexity index is 1070. The van der Waals surface area contributed by atoms with Crippen LogP contribution in [-0.2, 0) is 27.9 Å². The zero-order valence-corrected chi connectivity index (χ0v) is 38.0. The number of hydrogen-bond donors (Lipinski definition) is 6. The van der Waals surface area contributed by atoms with Crippen molar-refractivity contribution in [3.05, 3.63) is 24.3 Å². The van der Waals surface area contributed by atoms with Gasteiger partial charge >= 0.3 is 13.8 Å². The van der Waals surface area contributed by atoms with E-state index in [1.165, 1.54) is 109 Å². The second-order valence-electron chi connectivity index (χ2n) is 16.6. The summed E-state index contributed by atoms with van der Waals surface area (Å²) < 4.78 is 34.2. The van der Waals surface area contributed by atoms with E-state index < -0.39 is 63.1 Å². The van der Waals surface area contributed by atoms with Crippen LogP contribution in [0.4, 0.5) is 0 Å². The molecule has 0 aromatic rings. The first-order chi connectivity index (χ1) is 28.5. The van der Waals surface area contributed by atoms with E-state index in [9.17, 15) is 39.8 Å². The molecule has 348 valence electrons. The van der Waals surface area contributed by atoms with Gasteiger partial charge in [0.1, 0.15) is 42.7 Å². The molecule has 0 heterocycles. The molecular formula is C46H87O12P. The van der Waals surface area contributed by atoms with E-state index in [-0.39, 0.29) is 13.0 Å². The molecule has 1 rings (SSSR count). The molecule has 0 aromatic carbocycles. The van der Waals surface area contributed by atoms with Crippen LogP contribution in [0.25, 0.3) is 0 Å². The second kappa shape index (κ2) is 37.4. The maximum atomic E-state index is 12.8. The molecular weight excluding hydrogens is 775 g/mol. The minimum absolute atomic E-state index is 0.0801. The van der Waals surface area contributed by atoms with Crippen LogP contribution >= 0.6 is 7.82 Å². The molecule has 0 amide bonds. The van der Waals surface area contributed by atoms with Crippen LogP contribution in [-0.4, -0.2) is 98.9 Å². The van der Waals surface area contributed by atoms with Crippen LogP contribution in [0.5, 0.6) is 0 Å². The standard InChI is InChI=1S/C46H87O12P/c1-3-5-7-9-11-13-15-17-19-20-21-23-25-27-29-31-33-35-40(47)57-39(38-56-59(53,54)58-46-44(51)42(49)41(48)43(50)45(46)52)37-55-36-34-32-30-28-26-24-22-18-16-14-12-10-8-6-4-2/h10,12,16,18,39,41-46,48-52H,3-9,11,13-15,17,19-38H2,1-2H3,(H,53,54)/b12-10-,18-16-. The Kier molecular flexibility index (Phi) is 35.4. The van der Waals surface area contributed by atoms with E-state index in [0.717, 1.165) is 64.2 Å². The molecule has 0 spiro atoms. The molecule has 0 radical (unpaired) electrons. The van der Waals surface area contributed by atoms with Crippen LogP contribution in [0.15, 0.2) is 24.3 Å². The minimum Gasteiger partial charge on any atom is -0.457 e. The van der Waals surface area contributed by atoms with Gasteiger partial charge in [0, 0.05) is 13.0 Å². The van der Waals surface area contributed by atoms with Crippen molar-refractivity contribution in [3.8, 4) is 0 Å². The smallest absolute Gasteiger partial charge is 0.457 e. The third-order valence-electron chi connectivity index (χ3n) is 11.1. The van der Waals surface area contributed by atoms with Gasteiger partial charge in [-0.05, 0) is 38.5 Å². The molecule has 6 atom stereocenters. The topological polar surface area (TPSA) is 192 Å². The van der Waals surface area contributed by atoms with Crippen molar-refractivity contribution in [3.63, 3.8) is 0 Å². The number of unbranched alkanes of at least 4 members (excludes halogenated alkanes) is 24. The number of phosphoric ester groups is 1. The number of carbonyl (C=O) groups is 1. The molecule has 0 aromatic heterocycles. The molecule has 1 aliphatic rings. The van der Waals surface area contributed by atoms with Gasteiger partial charge in [-0.1, -0.05) is 179 Å². The highest BCUT2D eigenvalue weighted by atomic mass is 31.2. The van der Waals surface area contributed by atoms with E-state index in [1.807, 2.05) is 0 Å². The maximum Gasteiger partial charge on any atom is 0.472 e. The third kappa shape index (κ3) is 29.7. The number of esters is 1. The molecule has 13 heteroatoms. The number of aliphatic hydroxyl groups excluding tert-OH is 5. The Hall–Kier alpha value is -1.18. The monoisotopic (exact) mass is 863 g/mol. The lowest BCUT2D eigenvalue weighted by atomic mass is 9.85. The van der Waals surface area contributed by atoms with Crippen molar-refractivity contribution >= 4 is 13.8 Å². The average Bonchev–Trinajstić information content (AvgIpc) is 3.22. The van der Waals surface area contributed by atoms with Crippen molar-refractivity contribution in [2.24, 2.45) is 0 Å². The van der Waals surface area contributed by atoms with E-state index in [0.29, 0.717) is 13.0 Å². The number of phosphoric acid groups is 1. The summed E-state index contributed by atoms with van der Waals surface area (Å²) in [5.41, 5.74) is 0. The number of hydrogen-bond acceptors (Lipinski definition) is 11. The molecule has 0 bridgehead atoms. The number of rotatable bonds is 40. The van der Waals surface area contributed by atoms with Crippen LogP contribution in [0, 0.1) is 0 Å². The van der Waals surface area contributed by atoms with Crippen LogP contribution in [0.1, 0.15) is 200 Å². The lowest BCUT2D eigenvalue weighted by Gasteiger charge is -2.41. The minimum atomic E-state index is -5.02. The maximum absolute atomic E-state index is 12.8. The van der Waals surface area contributed by atoms with Crippen molar-refractivity contribution in [1.29, 1.82) is 0 Å². The van der Waals surface area contributed by atoms with Gasteiger partial charge < -0.3 is 39.9 Å². The molecule has 1 saturated carbocycles. The van der Waals surface area contributed by atoms with Gasteiger partial charge in [-0.25, -0.2) is 4.57 Å². The predicted octanol–water partition coefficient (Wildman–Crippen LogP) is 9.70. The molecule has 6 N–H and O–H groups in total. The average molecular weight is 863 g/mol. The lowest BCUT2D eigenvalue weighted by molar-refractivity contribution is -0.220. The highest BCUT2D eigenvalue weighted by Gasteiger charge is 2.51. The van der Waals surface area contributed by atoms with Gasteiger partial charge in [-0.3, -0.25) is 13.8 Å². The number of aliphatic hydroxyl groups is 5. The Morgan fingerprint density at radius 3 is 1.47 bits per heavy atom. The summed E-state index contributed by atoms with van der Waals surface area (Å²) in [6.45, 7) is 4.22. The molecule has 1 fully saturated rings. The van der Waals surface area contributed by atoms with Gasteiger partial charge in [-0.15, -0.1) is 0 Å². The molecule has 6 unspecified atom stereocenters. The summed E-state index contributed by atoms with van der Waals surface area (Å²) in [4.78, 5) is 23.2. The van der Waals surface area contributed by atoms with Gasteiger partial charge in [0.2, 0.25) is 0 Å². The number of carbonyl (C=O) groups excluding carboxylic acids is 1. The van der Waals surface area contributed by atoms with Crippen molar-refractivity contribution in [2.45, 2.75) is 243 Å². The summed E-state index contributed by atoms with van der Waals surface area (Å²) in [7, 11) is -5.02. The SMILES string of the molecule is CCCC/C=C\C/C=C\CCCCCCCCOCC(COP(=O)(O)OC1C(O)C(O)C(O)C(O)C1O)OC(=O)CCCCCCCCCCCCCCCCCCC. The predicted molar refractivity (Wildman–Crippen MR) is 235 cm³/mol. The first kappa shape index (κ1) is 55.8. The van der Waals surface area contributed by atoms with Crippen molar-refractivity contribution < 1.29 is 58.3 Å². The molecule has 12 nitrogen and oxygen atoms in total.